The van der Waals surface area contributed by atoms with Gasteiger partial charge in [-0.2, -0.15) is 0 Å². The van der Waals surface area contributed by atoms with Gasteiger partial charge in [0.1, 0.15) is 22.8 Å². The Morgan fingerprint density at radius 1 is 1.08 bits per heavy atom. The fourth-order valence-corrected chi connectivity index (χ4v) is 3.09. The van der Waals surface area contributed by atoms with E-state index in [4.69, 9.17) is 9.15 Å². The van der Waals surface area contributed by atoms with Crippen molar-refractivity contribution >= 4 is 11.0 Å². The smallest absolute Gasteiger partial charge is 0.235 e. The number of nitrogens with zero attached hydrogens (tertiary/aromatic N) is 1. The summed E-state index contributed by atoms with van der Waals surface area (Å²) in [7, 11) is 3.78. The first kappa shape index (κ1) is 18.0. The maximum atomic E-state index is 13.0. The molecule has 3 rings (SSSR count). The quantitative estimate of drug-likeness (QED) is 0.758. The zero-order valence-electron chi connectivity index (χ0n) is 15.7. The Balaban J connectivity index is 2.16. The third-order valence-electron chi connectivity index (χ3n) is 4.15. The Morgan fingerprint density at radius 2 is 1.73 bits per heavy atom. The first-order chi connectivity index (χ1) is 12.3. The van der Waals surface area contributed by atoms with Crippen LogP contribution in [0.1, 0.15) is 22.5 Å². The molecular weight excluding hydrogens is 330 g/mol. The lowest BCUT2D eigenvalue weighted by Crippen LogP contribution is -2.13. The van der Waals surface area contributed by atoms with Crippen LogP contribution >= 0.6 is 0 Å². The molecule has 0 bridgehead atoms. The predicted molar refractivity (Wildman–Crippen MR) is 102 cm³/mol. The minimum absolute atomic E-state index is 0.108. The van der Waals surface area contributed by atoms with Crippen molar-refractivity contribution in [3.05, 3.63) is 63.0 Å². The SMILES string of the molecule is Cc1cc(C)cc(Oc2c(C)oc3c(CN(C)C)c(O)ccc3c2=O)c1. The van der Waals surface area contributed by atoms with E-state index in [1.54, 1.807) is 13.0 Å². The molecule has 0 aliphatic heterocycles. The highest BCUT2D eigenvalue weighted by atomic mass is 16.5. The third kappa shape index (κ3) is 3.44. The Bertz CT molecular complexity index is 1010. The van der Waals surface area contributed by atoms with Crippen LogP contribution in [0, 0.1) is 20.8 Å². The van der Waals surface area contributed by atoms with E-state index in [-0.39, 0.29) is 16.9 Å². The van der Waals surface area contributed by atoms with Crippen molar-refractivity contribution < 1.29 is 14.3 Å². The molecule has 3 aromatic rings. The normalized spacial score (nSPS) is 11.3. The van der Waals surface area contributed by atoms with Crippen molar-refractivity contribution in [2.24, 2.45) is 0 Å². The molecule has 0 unspecified atom stereocenters. The number of benzene rings is 2. The van der Waals surface area contributed by atoms with Gasteiger partial charge < -0.3 is 19.2 Å². The predicted octanol–water partition coefficient (Wildman–Crippen LogP) is 4.28. The maximum absolute atomic E-state index is 13.0. The van der Waals surface area contributed by atoms with Crippen LogP contribution in [0.5, 0.6) is 17.2 Å². The first-order valence-electron chi connectivity index (χ1n) is 8.45. The van der Waals surface area contributed by atoms with Crippen molar-refractivity contribution in [3.8, 4) is 17.2 Å². The molecule has 0 saturated heterocycles. The Kier molecular flexibility index (Phi) is 4.74. The molecule has 0 radical (unpaired) electrons. The average Bonchev–Trinajstić information content (AvgIpc) is 2.53. The van der Waals surface area contributed by atoms with Crippen molar-refractivity contribution in [1.29, 1.82) is 0 Å². The molecule has 1 N–H and O–H groups in total. The molecule has 0 fully saturated rings. The number of hydrogen-bond donors (Lipinski definition) is 1. The summed E-state index contributed by atoms with van der Waals surface area (Å²) in [5.41, 5.74) is 2.85. The van der Waals surface area contributed by atoms with E-state index in [9.17, 15) is 9.90 Å². The van der Waals surface area contributed by atoms with E-state index in [0.717, 1.165) is 11.1 Å². The highest BCUT2D eigenvalue weighted by Gasteiger charge is 2.18. The van der Waals surface area contributed by atoms with Crippen molar-refractivity contribution in [3.63, 3.8) is 0 Å². The second kappa shape index (κ2) is 6.84. The van der Waals surface area contributed by atoms with Gasteiger partial charge in [-0.1, -0.05) is 6.07 Å². The molecule has 5 heteroatoms. The molecule has 2 aromatic carbocycles. The standard InChI is InChI=1S/C21H23NO4/c1-12-8-13(2)10-15(9-12)26-20-14(3)25-21-16(19(20)24)6-7-18(23)17(21)11-22(4)5/h6-10,23H,11H2,1-5H3. The fourth-order valence-electron chi connectivity index (χ4n) is 3.09. The van der Waals surface area contributed by atoms with Gasteiger partial charge in [0, 0.05) is 6.54 Å². The summed E-state index contributed by atoms with van der Waals surface area (Å²) in [4.78, 5) is 14.9. The number of aryl methyl sites for hydroxylation is 3. The lowest BCUT2D eigenvalue weighted by atomic mass is 10.1. The molecule has 0 amide bonds. The van der Waals surface area contributed by atoms with Crippen LogP contribution in [0.4, 0.5) is 0 Å². The second-order valence-electron chi connectivity index (χ2n) is 6.92. The summed E-state index contributed by atoms with van der Waals surface area (Å²) in [5.74, 6) is 1.26. The van der Waals surface area contributed by atoms with Gasteiger partial charge in [-0.05, 0) is 70.3 Å². The van der Waals surface area contributed by atoms with Gasteiger partial charge in [-0.25, -0.2) is 0 Å². The van der Waals surface area contributed by atoms with Gasteiger partial charge in [-0.3, -0.25) is 4.79 Å². The summed E-state index contributed by atoms with van der Waals surface area (Å²) in [6, 6.07) is 8.89. The second-order valence-corrected chi connectivity index (χ2v) is 6.92. The maximum Gasteiger partial charge on any atom is 0.235 e. The highest BCUT2D eigenvalue weighted by molar-refractivity contribution is 5.83. The topological polar surface area (TPSA) is 62.9 Å². The van der Waals surface area contributed by atoms with Gasteiger partial charge >= 0.3 is 0 Å². The number of ether oxygens (including phenoxy) is 1. The van der Waals surface area contributed by atoms with Crippen molar-refractivity contribution in [2.75, 3.05) is 14.1 Å². The van der Waals surface area contributed by atoms with Gasteiger partial charge in [0.2, 0.25) is 11.2 Å². The van der Waals surface area contributed by atoms with Crippen LogP contribution in [-0.2, 0) is 6.54 Å². The Hall–Kier alpha value is -2.79. The molecule has 0 saturated carbocycles. The zero-order valence-corrected chi connectivity index (χ0v) is 15.7. The number of phenols is 1. The molecule has 0 aliphatic rings. The molecular formula is C21H23NO4. The molecule has 1 heterocycles. The molecule has 0 spiro atoms. The fraction of sp³-hybridized carbons (Fsp3) is 0.286. The summed E-state index contributed by atoms with van der Waals surface area (Å²) in [6.45, 7) is 6.11. The summed E-state index contributed by atoms with van der Waals surface area (Å²) in [5, 5.41) is 10.6. The van der Waals surface area contributed by atoms with Crippen LogP contribution in [0.2, 0.25) is 0 Å². The van der Waals surface area contributed by atoms with E-state index < -0.39 is 0 Å². The van der Waals surface area contributed by atoms with Crippen molar-refractivity contribution in [1.82, 2.24) is 4.90 Å². The van der Waals surface area contributed by atoms with Crippen LogP contribution < -0.4 is 10.2 Å². The molecule has 26 heavy (non-hydrogen) atoms. The Morgan fingerprint density at radius 3 is 2.35 bits per heavy atom. The minimum atomic E-state index is -0.247. The molecule has 136 valence electrons. The lowest BCUT2D eigenvalue weighted by Gasteiger charge is -2.15. The monoisotopic (exact) mass is 353 g/mol. The lowest BCUT2D eigenvalue weighted by molar-refractivity contribution is 0.381. The molecule has 5 nitrogen and oxygen atoms in total. The van der Waals surface area contributed by atoms with Crippen LogP contribution in [0.25, 0.3) is 11.0 Å². The zero-order chi connectivity index (χ0) is 19.0. The number of rotatable bonds is 4. The van der Waals surface area contributed by atoms with Gasteiger partial charge in [0.15, 0.2) is 0 Å². The third-order valence-corrected chi connectivity index (χ3v) is 4.15. The number of phenolic OH excluding ortho intramolecular Hbond substituents is 1. The van der Waals surface area contributed by atoms with Crippen LogP contribution in [-0.4, -0.2) is 24.1 Å². The average molecular weight is 353 g/mol. The summed E-state index contributed by atoms with van der Waals surface area (Å²) >= 11 is 0. The molecule has 0 atom stereocenters. The number of fused-ring (bicyclic) bond motifs is 1. The highest BCUT2D eigenvalue weighted by Crippen LogP contribution is 2.31. The van der Waals surface area contributed by atoms with Crippen LogP contribution in [0.3, 0.4) is 0 Å². The van der Waals surface area contributed by atoms with Gasteiger partial charge in [0.25, 0.3) is 0 Å². The van der Waals surface area contributed by atoms with E-state index in [2.05, 4.69) is 0 Å². The molecule has 1 aromatic heterocycles. The van der Waals surface area contributed by atoms with E-state index in [1.165, 1.54) is 6.07 Å². The number of hydrogen-bond acceptors (Lipinski definition) is 5. The summed E-state index contributed by atoms with van der Waals surface area (Å²) in [6.07, 6.45) is 0. The van der Waals surface area contributed by atoms with Crippen molar-refractivity contribution in [2.45, 2.75) is 27.3 Å². The summed E-state index contributed by atoms with van der Waals surface area (Å²) < 4.78 is 11.8. The first-order valence-corrected chi connectivity index (χ1v) is 8.45. The van der Waals surface area contributed by atoms with Gasteiger partial charge in [0.05, 0.1) is 10.9 Å². The van der Waals surface area contributed by atoms with Crippen LogP contribution in [0.15, 0.2) is 39.5 Å². The largest absolute Gasteiger partial charge is 0.507 e. The Labute approximate surface area is 152 Å². The van der Waals surface area contributed by atoms with E-state index in [1.807, 2.05) is 51.0 Å². The minimum Gasteiger partial charge on any atom is -0.507 e. The number of aromatic hydroxyl groups is 1. The van der Waals surface area contributed by atoms with E-state index >= 15 is 0 Å². The molecule has 0 aliphatic carbocycles. The van der Waals surface area contributed by atoms with E-state index in [0.29, 0.717) is 34.6 Å². The van der Waals surface area contributed by atoms with Gasteiger partial charge in [-0.15, -0.1) is 0 Å².